The van der Waals surface area contributed by atoms with Gasteiger partial charge in [-0.2, -0.15) is 0 Å². The van der Waals surface area contributed by atoms with Gasteiger partial charge in [0.1, 0.15) is 6.04 Å². The Morgan fingerprint density at radius 3 is 2.40 bits per heavy atom. The van der Waals surface area contributed by atoms with Crippen molar-refractivity contribution in [2.45, 2.75) is 44.8 Å². The molecular weight excluding hydrogens is 258 g/mol. The first kappa shape index (κ1) is 15.3. The average molecular weight is 283 g/mol. The Hall–Kier alpha value is -1.14. The zero-order chi connectivity index (χ0) is 14.5. The predicted molar refractivity (Wildman–Crippen MR) is 75.0 cm³/mol. The molecule has 0 bridgehead atoms. The van der Waals surface area contributed by atoms with E-state index in [0.717, 1.165) is 25.9 Å². The van der Waals surface area contributed by atoms with Crippen molar-refractivity contribution in [2.75, 3.05) is 32.8 Å². The van der Waals surface area contributed by atoms with Crippen LogP contribution >= 0.6 is 0 Å². The number of rotatable bonds is 3. The lowest BCUT2D eigenvalue weighted by molar-refractivity contribution is -0.143. The second-order valence-corrected chi connectivity index (χ2v) is 5.69. The van der Waals surface area contributed by atoms with Crippen LogP contribution in [0.25, 0.3) is 0 Å². The highest BCUT2D eigenvalue weighted by Gasteiger charge is 2.35. The van der Waals surface area contributed by atoms with Gasteiger partial charge < -0.3 is 15.4 Å². The van der Waals surface area contributed by atoms with Gasteiger partial charge in [0.2, 0.25) is 11.8 Å². The van der Waals surface area contributed by atoms with Gasteiger partial charge in [-0.25, -0.2) is 0 Å². The molecule has 0 saturated carbocycles. The van der Waals surface area contributed by atoms with Crippen molar-refractivity contribution in [3.63, 3.8) is 0 Å². The first-order chi connectivity index (χ1) is 9.59. The van der Waals surface area contributed by atoms with Crippen molar-refractivity contribution in [2.24, 2.45) is 5.73 Å². The van der Waals surface area contributed by atoms with Crippen molar-refractivity contribution >= 4 is 11.8 Å². The molecule has 2 aliphatic rings. The van der Waals surface area contributed by atoms with E-state index in [0.29, 0.717) is 13.2 Å². The first-order valence-corrected chi connectivity index (χ1v) is 7.52. The lowest BCUT2D eigenvalue weighted by atomic mass is 10.1. The molecule has 0 unspecified atom stereocenters. The van der Waals surface area contributed by atoms with Crippen LogP contribution < -0.4 is 5.73 Å². The van der Waals surface area contributed by atoms with Crippen LogP contribution in [0, 0.1) is 0 Å². The van der Waals surface area contributed by atoms with E-state index < -0.39 is 11.9 Å². The molecule has 0 spiro atoms. The molecule has 6 nitrogen and oxygen atoms in total. The Kier molecular flexibility index (Phi) is 5.37. The zero-order valence-electron chi connectivity index (χ0n) is 12.2. The number of primary amides is 1. The topological polar surface area (TPSA) is 75.9 Å². The second-order valence-electron chi connectivity index (χ2n) is 5.69. The maximum Gasteiger partial charge on any atom is 0.237 e. The summed E-state index contributed by atoms with van der Waals surface area (Å²) in [5.41, 5.74) is 5.44. The van der Waals surface area contributed by atoms with Gasteiger partial charge in [0.05, 0.1) is 19.3 Å². The summed E-state index contributed by atoms with van der Waals surface area (Å²) in [5, 5.41) is 0. The van der Waals surface area contributed by atoms with Crippen molar-refractivity contribution in [3.8, 4) is 0 Å². The number of hydrogen-bond acceptors (Lipinski definition) is 4. The Morgan fingerprint density at radius 2 is 1.80 bits per heavy atom. The monoisotopic (exact) mass is 283 g/mol. The highest BCUT2D eigenvalue weighted by Crippen LogP contribution is 2.15. The largest absolute Gasteiger partial charge is 0.375 e. The molecule has 0 aromatic heterocycles. The molecule has 0 aromatic carbocycles. The van der Waals surface area contributed by atoms with E-state index in [1.54, 1.807) is 0 Å². The summed E-state index contributed by atoms with van der Waals surface area (Å²) in [7, 11) is 0. The molecule has 2 heterocycles. The van der Waals surface area contributed by atoms with Crippen LogP contribution in [0.3, 0.4) is 0 Å². The number of amides is 2. The Morgan fingerprint density at radius 1 is 1.15 bits per heavy atom. The predicted octanol–water partition coefficient (Wildman–Crippen LogP) is -0.0364. The summed E-state index contributed by atoms with van der Waals surface area (Å²) in [6.07, 6.45) is 4.29. The van der Waals surface area contributed by atoms with E-state index in [1.165, 1.54) is 12.8 Å². The van der Waals surface area contributed by atoms with Gasteiger partial charge in [0.25, 0.3) is 0 Å². The number of carbonyl (C=O) groups excluding carboxylic acids is 2. The van der Waals surface area contributed by atoms with Gasteiger partial charge in [0, 0.05) is 19.6 Å². The highest BCUT2D eigenvalue weighted by molar-refractivity contribution is 5.83. The summed E-state index contributed by atoms with van der Waals surface area (Å²) in [5.74, 6) is -0.312. The number of hydrogen-bond donors (Lipinski definition) is 1. The van der Waals surface area contributed by atoms with Crippen molar-refractivity contribution < 1.29 is 14.3 Å². The minimum absolute atomic E-state index is 0.104. The van der Waals surface area contributed by atoms with Gasteiger partial charge in [-0.1, -0.05) is 12.8 Å². The van der Waals surface area contributed by atoms with Gasteiger partial charge in [-0.15, -0.1) is 0 Å². The summed E-state index contributed by atoms with van der Waals surface area (Å²) in [6, 6.07) is -0.500. The smallest absolute Gasteiger partial charge is 0.237 e. The molecule has 0 aliphatic carbocycles. The quantitative estimate of drug-likeness (QED) is 0.789. The fraction of sp³-hybridized carbons (Fsp3) is 0.857. The maximum absolute atomic E-state index is 12.4. The standard InChI is InChI=1S/C14H25N3O3/c1-11-13(14(15)19)17(8-9-20-11)10-12(18)16-6-4-2-3-5-7-16/h11,13H,2-10H2,1H3,(H2,15,19)/t11-,13+/m1/s1. The molecule has 6 heteroatoms. The number of carbonyl (C=O) groups is 2. The Labute approximate surface area is 120 Å². The summed E-state index contributed by atoms with van der Waals surface area (Å²) in [4.78, 5) is 27.7. The van der Waals surface area contributed by atoms with Crippen LogP contribution in [0.4, 0.5) is 0 Å². The molecule has 2 fully saturated rings. The summed E-state index contributed by atoms with van der Waals surface area (Å²) >= 11 is 0. The fourth-order valence-corrected chi connectivity index (χ4v) is 3.07. The molecule has 2 amide bonds. The molecule has 114 valence electrons. The molecule has 2 atom stereocenters. The van der Waals surface area contributed by atoms with E-state index in [2.05, 4.69) is 0 Å². The van der Waals surface area contributed by atoms with Crippen molar-refractivity contribution in [1.82, 2.24) is 9.80 Å². The number of nitrogens with two attached hydrogens (primary N) is 1. The third-order valence-corrected chi connectivity index (χ3v) is 4.19. The molecule has 2 saturated heterocycles. The average Bonchev–Trinajstić information content (AvgIpc) is 2.67. The Balaban J connectivity index is 1.95. The molecular formula is C14H25N3O3. The van der Waals surface area contributed by atoms with E-state index in [1.807, 2.05) is 16.7 Å². The lowest BCUT2D eigenvalue weighted by Crippen LogP contribution is -2.58. The molecule has 2 aliphatic heterocycles. The fourth-order valence-electron chi connectivity index (χ4n) is 3.07. The zero-order valence-corrected chi connectivity index (χ0v) is 12.2. The van der Waals surface area contributed by atoms with E-state index in [-0.39, 0.29) is 18.6 Å². The van der Waals surface area contributed by atoms with Gasteiger partial charge in [-0.05, 0) is 19.8 Å². The van der Waals surface area contributed by atoms with Crippen LogP contribution in [-0.4, -0.2) is 66.5 Å². The van der Waals surface area contributed by atoms with Crippen LogP contribution in [-0.2, 0) is 14.3 Å². The third kappa shape index (κ3) is 3.70. The van der Waals surface area contributed by atoms with Crippen molar-refractivity contribution in [3.05, 3.63) is 0 Å². The Bertz CT molecular complexity index is 354. The van der Waals surface area contributed by atoms with E-state index in [9.17, 15) is 9.59 Å². The normalized spacial score (nSPS) is 28.9. The second kappa shape index (κ2) is 7.04. The SMILES string of the molecule is C[C@H]1OCCN(CC(=O)N2CCCCCC2)[C@@H]1C(N)=O. The molecule has 2 N–H and O–H groups in total. The number of likely N-dealkylation sites (tertiary alicyclic amines) is 1. The van der Waals surface area contributed by atoms with Crippen LogP contribution in [0.5, 0.6) is 0 Å². The van der Waals surface area contributed by atoms with Crippen LogP contribution in [0.1, 0.15) is 32.6 Å². The van der Waals surface area contributed by atoms with Crippen LogP contribution in [0.15, 0.2) is 0 Å². The van der Waals surface area contributed by atoms with Gasteiger partial charge >= 0.3 is 0 Å². The maximum atomic E-state index is 12.4. The van der Waals surface area contributed by atoms with E-state index >= 15 is 0 Å². The van der Waals surface area contributed by atoms with Gasteiger partial charge in [-0.3, -0.25) is 14.5 Å². The van der Waals surface area contributed by atoms with E-state index in [4.69, 9.17) is 10.5 Å². The van der Waals surface area contributed by atoms with Gasteiger partial charge in [0.15, 0.2) is 0 Å². The number of nitrogens with zero attached hydrogens (tertiary/aromatic N) is 2. The highest BCUT2D eigenvalue weighted by atomic mass is 16.5. The third-order valence-electron chi connectivity index (χ3n) is 4.19. The molecule has 20 heavy (non-hydrogen) atoms. The molecule has 0 aromatic rings. The molecule has 2 rings (SSSR count). The van der Waals surface area contributed by atoms with Crippen molar-refractivity contribution in [1.29, 1.82) is 0 Å². The minimum Gasteiger partial charge on any atom is -0.375 e. The lowest BCUT2D eigenvalue weighted by Gasteiger charge is -2.38. The number of ether oxygens (including phenoxy) is 1. The van der Waals surface area contributed by atoms with Crippen LogP contribution in [0.2, 0.25) is 0 Å². The minimum atomic E-state index is -0.500. The number of morpholine rings is 1. The summed E-state index contributed by atoms with van der Waals surface area (Å²) in [6.45, 7) is 4.88. The summed E-state index contributed by atoms with van der Waals surface area (Å²) < 4.78 is 5.46. The first-order valence-electron chi connectivity index (χ1n) is 7.52. The molecule has 0 radical (unpaired) electrons.